The fourth-order valence-electron chi connectivity index (χ4n) is 2.36. The summed E-state index contributed by atoms with van der Waals surface area (Å²) < 4.78 is 10.5. The van der Waals surface area contributed by atoms with Crippen molar-refractivity contribution in [2.75, 3.05) is 26.5 Å². The van der Waals surface area contributed by atoms with E-state index in [-0.39, 0.29) is 5.91 Å². The Labute approximate surface area is 136 Å². The Morgan fingerprint density at radius 3 is 2.65 bits per heavy atom. The normalized spacial score (nSPS) is 10.2. The summed E-state index contributed by atoms with van der Waals surface area (Å²) in [6.45, 7) is 0.532. The quantitative estimate of drug-likeness (QED) is 0.768. The zero-order valence-corrected chi connectivity index (χ0v) is 13.5. The van der Waals surface area contributed by atoms with Crippen molar-refractivity contribution >= 4 is 11.6 Å². The second kappa shape index (κ2) is 8.08. The Morgan fingerprint density at radius 1 is 1.13 bits per heavy atom. The summed E-state index contributed by atoms with van der Waals surface area (Å²) in [7, 11) is 3.25. The highest BCUT2D eigenvalue weighted by molar-refractivity contribution is 5.78. The Morgan fingerprint density at radius 2 is 1.96 bits per heavy atom. The largest absolute Gasteiger partial charge is 0.497 e. The average Bonchev–Trinajstić information content (AvgIpc) is 2.54. The summed E-state index contributed by atoms with van der Waals surface area (Å²) >= 11 is 0. The van der Waals surface area contributed by atoms with Gasteiger partial charge >= 0.3 is 0 Å². The minimum absolute atomic E-state index is 0.0301. The number of anilines is 1. The van der Waals surface area contributed by atoms with Crippen molar-refractivity contribution in [1.29, 1.82) is 0 Å². The summed E-state index contributed by atoms with van der Waals surface area (Å²) in [5.74, 6) is 1.53. The van der Waals surface area contributed by atoms with E-state index in [1.54, 1.807) is 20.3 Å². The van der Waals surface area contributed by atoms with E-state index in [0.717, 1.165) is 22.6 Å². The molecule has 2 aromatic rings. The number of carbonyl (C=O) groups excluding carboxylic acids is 1. The maximum Gasteiger partial charge on any atom is 0.224 e. The third-order valence-corrected chi connectivity index (χ3v) is 3.52. The molecule has 0 spiro atoms. The maximum absolute atomic E-state index is 12.0. The van der Waals surface area contributed by atoms with Gasteiger partial charge in [-0.3, -0.25) is 4.79 Å². The van der Waals surface area contributed by atoms with Crippen LogP contribution < -0.4 is 20.5 Å². The summed E-state index contributed by atoms with van der Waals surface area (Å²) in [6, 6.07) is 13.0. The molecule has 0 aliphatic heterocycles. The Kier molecular flexibility index (Phi) is 5.86. The third-order valence-electron chi connectivity index (χ3n) is 3.52. The molecule has 2 rings (SSSR count). The van der Waals surface area contributed by atoms with E-state index in [1.165, 1.54) is 0 Å². The summed E-state index contributed by atoms with van der Waals surface area (Å²) in [4.78, 5) is 12.0. The zero-order valence-electron chi connectivity index (χ0n) is 13.5. The lowest BCUT2D eigenvalue weighted by molar-refractivity contribution is -0.120. The number of hydrogen-bond donors (Lipinski definition) is 2. The van der Waals surface area contributed by atoms with Gasteiger partial charge in [-0.25, -0.2) is 0 Å². The van der Waals surface area contributed by atoms with Crippen LogP contribution in [0.4, 0.5) is 5.69 Å². The van der Waals surface area contributed by atoms with Crippen molar-refractivity contribution < 1.29 is 14.3 Å². The summed E-state index contributed by atoms with van der Waals surface area (Å²) in [5.41, 5.74) is 8.28. The van der Waals surface area contributed by atoms with Crippen molar-refractivity contribution in [2.24, 2.45) is 0 Å². The van der Waals surface area contributed by atoms with Crippen LogP contribution in [0.25, 0.3) is 0 Å². The number of carbonyl (C=O) groups is 1. The van der Waals surface area contributed by atoms with Gasteiger partial charge < -0.3 is 20.5 Å². The monoisotopic (exact) mass is 314 g/mol. The van der Waals surface area contributed by atoms with E-state index in [0.29, 0.717) is 25.1 Å². The van der Waals surface area contributed by atoms with Crippen LogP contribution in [-0.4, -0.2) is 26.7 Å². The lowest BCUT2D eigenvalue weighted by atomic mass is 10.1. The molecule has 0 bridgehead atoms. The fourth-order valence-corrected chi connectivity index (χ4v) is 2.36. The smallest absolute Gasteiger partial charge is 0.224 e. The highest BCUT2D eigenvalue weighted by Crippen LogP contribution is 2.24. The molecule has 0 saturated heterocycles. The van der Waals surface area contributed by atoms with Crippen LogP contribution in [0.3, 0.4) is 0 Å². The van der Waals surface area contributed by atoms with Crippen LogP contribution in [0.1, 0.15) is 11.1 Å². The molecule has 0 fully saturated rings. The molecule has 122 valence electrons. The predicted octanol–water partition coefficient (Wildman–Crippen LogP) is 2.19. The lowest BCUT2D eigenvalue weighted by Gasteiger charge is -2.11. The van der Waals surface area contributed by atoms with Crippen LogP contribution in [0.2, 0.25) is 0 Å². The van der Waals surface area contributed by atoms with Crippen LogP contribution in [0.5, 0.6) is 11.5 Å². The van der Waals surface area contributed by atoms with Crippen molar-refractivity contribution in [3.05, 3.63) is 53.6 Å². The predicted molar refractivity (Wildman–Crippen MR) is 90.8 cm³/mol. The van der Waals surface area contributed by atoms with Gasteiger partial charge in [-0.15, -0.1) is 0 Å². The van der Waals surface area contributed by atoms with Gasteiger partial charge in [0.25, 0.3) is 0 Å². The number of nitrogens with one attached hydrogen (secondary N) is 1. The molecule has 0 saturated carbocycles. The number of ether oxygens (including phenoxy) is 2. The molecule has 23 heavy (non-hydrogen) atoms. The molecule has 0 radical (unpaired) electrons. The van der Waals surface area contributed by atoms with Crippen molar-refractivity contribution in [1.82, 2.24) is 5.32 Å². The lowest BCUT2D eigenvalue weighted by Crippen LogP contribution is -2.27. The average molecular weight is 314 g/mol. The number of nitrogen functional groups attached to an aromatic ring is 1. The Hall–Kier alpha value is -2.69. The second-order valence-corrected chi connectivity index (χ2v) is 5.20. The highest BCUT2D eigenvalue weighted by Gasteiger charge is 2.07. The van der Waals surface area contributed by atoms with Gasteiger partial charge in [-0.05, 0) is 47.9 Å². The molecule has 0 heterocycles. The molecule has 0 unspecified atom stereocenters. The van der Waals surface area contributed by atoms with E-state index in [9.17, 15) is 4.79 Å². The van der Waals surface area contributed by atoms with Gasteiger partial charge in [-0.2, -0.15) is 0 Å². The second-order valence-electron chi connectivity index (χ2n) is 5.20. The maximum atomic E-state index is 12.0. The van der Waals surface area contributed by atoms with Gasteiger partial charge in [-0.1, -0.05) is 12.1 Å². The number of hydrogen-bond acceptors (Lipinski definition) is 4. The third kappa shape index (κ3) is 4.92. The summed E-state index contributed by atoms with van der Waals surface area (Å²) in [6.07, 6.45) is 0.989. The van der Waals surface area contributed by atoms with Crippen LogP contribution in [-0.2, 0) is 17.6 Å². The molecular formula is C18H22N2O3. The molecule has 5 nitrogen and oxygen atoms in total. The first kappa shape index (κ1) is 16.7. The van der Waals surface area contributed by atoms with Gasteiger partial charge in [0.15, 0.2) is 0 Å². The number of benzene rings is 2. The fraction of sp³-hybridized carbons (Fsp3) is 0.278. The van der Waals surface area contributed by atoms with Crippen LogP contribution >= 0.6 is 0 Å². The SMILES string of the molecule is COc1ccc(OC)c(CCNC(=O)Cc2cccc(N)c2)c1. The van der Waals surface area contributed by atoms with Crippen molar-refractivity contribution in [3.8, 4) is 11.5 Å². The molecule has 0 aromatic heterocycles. The Bertz CT molecular complexity index is 671. The van der Waals surface area contributed by atoms with Gasteiger partial charge in [0, 0.05) is 12.2 Å². The number of amides is 1. The summed E-state index contributed by atoms with van der Waals surface area (Å²) in [5, 5.41) is 2.91. The van der Waals surface area contributed by atoms with Gasteiger partial charge in [0.05, 0.1) is 20.6 Å². The molecule has 5 heteroatoms. The van der Waals surface area contributed by atoms with E-state index in [1.807, 2.05) is 36.4 Å². The zero-order chi connectivity index (χ0) is 16.7. The molecule has 2 aromatic carbocycles. The number of rotatable bonds is 7. The number of nitrogens with two attached hydrogens (primary N) is 1. The van der Waals surface area contributed by atoms with E-state index >= 15 is 0 Å². The standard InChI is InChI=1S/C18H22N2O3/c1-22-16-6-7-17(23-2)14(12-16)8-9-20-18(21)11-13-4-3-5-15(19)10-13/h3-7,10,12H,8-9,11,19H2,1-2H3,(H,20,21). The van der Waals surface area contributed by atoms with Crippen LogP contribution in [0, 0.1) is 0 Å². The van der Waals surface area contributed by atoms with E-state index < -0.39 is 0 Å². The van der Waals surface area contributed by atoms with Gasteiger partial charge in [0.2, 0.25) is 5.91 Å². The highest BCUT2D eigenvalue weighted by atomic mass is 16.5. The van der Waals surface area contributed by atoms with Gasteiger partial charge in [0.1, 0.15) is 11.5 Å². The topological polar surface area (TPSA) is 73.6 Å². The number of methoxy groups -OCH3 is 2. The van der Waals surface area contributed by atoms with E-state index in [4.69, 9.17) is 15.2 Å². The van der Waals surface area contributed by atoms with E-state index in [2.05, 4.69) is 5.32 Å². The molecule has 0 aliphatic rings. The first-order valence-corrected chi connectivity index (χ1v) is 7.44. The molecule has 3 N–H and O–H groups in total. The van der Waals surface area contributed by atoms with Crippen molar-refractivity contribution in [2.45, 2.75) is 12.8 Å². The first-order chi connectivity index (χ1) is 11.1. The Balaban J connectivity index is 1.88. The first-order valence-electron chi connectivity index (χ1n) is 7.44. The molecule has 0 atom stereocenters. The molecular weight excluding hydrogens is 292 g/mol. The minimum Gasteiger partial charge on any atom is -0.497 e. The molecule has 0 aliphatic carbocycles. The van der Waals surface area contributed by atoms with Crippen molar-refractivity contribution in [3.63, 3.8) is 0 Å². The minimum atomic E-state index is -0.0301. The van der Waals surface area contributed by atoms with Crippen LogP contribution in [0.15, 0.2) is 42.5 Å². The molecule has 1 amide bonds.